The number of hydrogen-bond donors (Lipinski definition) is 2. The fourth-order valence-corrected chi connectivity index (χ4v) is 2.58. The molecular weight excluding hydrogens is 382 g/mol. The van der Waals surface area contributed by atoms with Crippen LogP contribution in [-0.2, 0) is 4.74 Å². The molecule has 9 nitrogen and oxygen atoms in total. The van der Waals surface area contributed by atoms with Crippen molar-refractivity contribution in [2.45, 2.75) is 26.7 Å². The second kappa shape index (κ2) is 11.2. The highest BCUT2D eigenvalue weighted by Gasteiger charge is 2.15. The quantitative estimate of drug-likeness (QED) is 0.567. The number of esters is 1. The van der Waals surface area contributed by atoms with E-state index in [1.165, 1.54) is 6.33 Å². The number of nitrogen functional groups attached to an aromatic ring is 1. The lowest BCUT2D eigenvalue weighted by molar-refractivity contribution is 0.0459. The second-order valence-corrected chi connectivity index (χ2v) is 6.96. The Balaban J connectivity index is 2.15. The smallest absolute Gasteiger partial charge is 0.338 e. The SMILES string of the molecule is CC(C)COC(=O)c1ccc(Nc2ncnc(N(CCC#N)CCC#N)c2N)cc1. The summed E-state index contributed by atoms with van der Waals surface area (Å²) < 4.78 is 5.22. The molecule has 0 atom stereocenters. The van der Waals surface area contributed by atoms with Gasteiger partial charge in [0.15, 0.2) is 11.6 Å². The molecule has 2 aromatic rings. The Labute approximate surface area is 176 Å². The molecule has 0 aliphatic carbocycles. The Morgan fingerprint density at radius 1 is 1.17 bits per heavy atom. The first-order valence-electron chi connectivity index (χ1n) is 9.59. The van der Waals surface area contributed by atoms with Gasteiger partial charge in [0.2, 0.25) is 0 Å². The lowest BCUT2D eigenvalue weighted by Crippen LogP contribution is -2.27. The number of ether oxygens (including phenoxy) is 1. The van der Waals surface area contributed by atoms with E-state index < -0.39 is 0 Å². The van der Waals surface area contributed by atoms with E-state index in [2.05, 4.69) is 27.4 Å². The van der Waals surface area contributed by atoms with Crippen molar-refractivity contribution in [1.82, 2.24) is 9.97 Å². The summed E-state index contributed by atoms with van der Waals surface area (Å²) in [4.78, 5) is 22.2. The Bertz CT molecular complexity index is 912. The molecule has 2 rings (SSSR count). The number of carbonyl (C=O) groups excluding carboxylic acids is 1. The minimum Gasteiger partial charge on any atom is -0.462 e. The van der Waals surface area contributed by atoms with E-state index in [1.54, 1.807) is 29.2 Å². The molecule has 0 aliphatic rings. The Morgan fingerprint density at radius 2 is 1.80 bits per heavy atom. The van der Waals surface area contributed by atoms with Crippen molar-refractivity contribution in [3.63, 3.8) is 0 Å². The van der Waals surface area contributed by atoms with Crippen LogP contribution in [0, 0.1) is 28.6 Å². The summed E-state index contributed by atoms with van der Waals surface area (Å²) in [7, 11) is 0. The molecular formula is C21H25N7O2. The van der Waals surface area contributed by atoms with Gasteiger partial charge in [0.05, 0.1) is 37.2 Å². The molecule has 0 fully saturated rings. The van der Waals surface area contributed by atoms with Gasteiger partial charge in [-0.1, -0.05) is 13.8 Å². The standard InChI is InChI=1S/C21H25N7O2/c1-15(2)13-30-21(29)16-5-7-17(8-6-16)27-19-18(24)20(26-14-25-19)28(11-3-9-22)12-4-10-23/h5-8,14-15H,3-4,11-13,24H2,1-2H3,(H,25,26,27). The molecule has 0 amide bonds. The van der Waals surface area contributed by atoms with Crippen molar-refractivity contribution in [2.24, 2.45) is 5.92 Å². The van der Waals surface area contributed by atoms with Crippen molar-refractivity contribution >= 4 is 29.0 Å². The van der Waals surface area contributed by atoms with Gasteiger partial charge in [0, 0.05) is 18.8 Å². The van der Waals surface area contributed by atoms with Gasteiger partial charge in [-0.05, 0) is 30.2 Å². The lowest BCUT2D eigenvalue weighted by atomic mass is 10.2. The summed E-state index contributed by atoms with van der Waals surface area (Å²) in [6.45, 7) is 5.14. The van der Waals surface area contributed by atoms with Crippen LogP contribution in [0.2, 0.25) is 0 Å². The number of nitrogens with zero attached hydrogens (tertiary/aromatic N) is 5. The molecule has 1 heterocycles. The van der Waals surface area contributed by atoms with Crippen molar-refractivity contribution < 1.29 is 9.53 Å². The number of aromatic nitrogens is 2. The summed E-state index contributed by atoms with van der Waals surface area (Å²) >= 11 is 0. The number of anilines is 4. The lowest BCUT2D eigenvalue weighted by Gasteiger charge is -2.23. The summed E-state index contributed by atoms with van der Waals surface area (Å²) in [6.07, 6.45) is 1.94. The summed E-state index contributed by atoms with van der Waals surface area (Å²) in [5.74, 6) is 0.761. The van der Waals surface area contributed by atoms with Gasteiger partial charge < -0.3 is 20.7 Å². The van der Waals surface area contributed by atoms with Gasteiger partial charge in [-0.3, -0.25) is 0 Å². The van der Waals surface area contributed by atoms with E-state index in [1.807, 2.05) is 13.8 Å². The average Bonchev–Trinajstić information content (AvgIpc) is 2.74. The molecule has 156 valence electrons. The maximum absolute atomic E-state index is 12.0. The molecule has 0 saturated heterocycles. The summed E-state index contributed by atoms with van der Waals surface area (Å²) in [5.41, 5.74) is 7.71. The van der Waals surface area contributed by atoms with Crippen molar-refractivity contribution in [2.75, 3.05) is 35.6 Å². The van der Waals surface area contributed by atoms with E-state index in [0.29, 0.717) is 48.3 Å². The maximum atomic E-state index is 12.0. The zero-order valence-corrected chi connectivity index (χ0v) is 17.1. The first kappa shape index (κ1) is 22.4. The van der Waals surface area contributed by atoms with E-state index in [4.69, 9.17) is 21.0 Å². The molecule has 30 heavy (non-hydrogen) atoms. The number of carbonyl (C=O) groups is 1. The van der Waals surface area contributed by atoms with Crippen molar-refractivity contribution in [3.05, 3.63) is 36.2 Å². The average molecular weight is 407 g/mol. The zero-order valence-electron chi connectivity index (χ0n) is 17.1. The van der Waals surface area contributed by atoms with Crippen LogP contribution >= 0.6 is 0 Å². The fourth-order valence-electron chi connectivity index (χ4n) is 2.58. The number of benzene rings is 1. The van der Waals surface area contributed by atoms with E-state index in [-0.39, 0.29) is 24.7 Å². The van der Waals surface area contributed by atoms with E-state index in [9.17, 15) is 4.79 Å². The van der Waals surface area contributed by atoms with Crippen LogP contribution in [0.3, 0.4) is 0 Å². The topological polar surface area (TPSA) is 141 Å². The van der Waals surface area contributed by atoms with Crippen LogP contribution in [0.15, 0.2) is 30.6 Å². The molecule has 1 aromatic heterocycles. The van der Waals surface area contributed by atoms with Crippen molar-refractivity contribution in [1.29, 1.82) is 10.5 Å². The van der Waals surface area contributed by atoms with Gasteiger partial charge in [0.1, 0.15) is 12.0 Å². The first-order chi connectivity index (χ1) is 14.5. The third kappa shape index (κ3) is 6.35. The molecule has 9 heteroatoms. The minimum absolute atomic E-state index is 0.269. The third-order valence-electron chi connectivity index (χ3n) is 4.08. The van der Waals surface area contributed by atoms with Crippen LogP contribution < -0.4 is 16.0 Å². The highest BCUT2D eigenvalue weighted by atomic mass is 16.5. The Hall–Kier alpha value is -3.85. The number of nitrogens with two attached hydrogens (primary N) is 1. The Morgan fingerprint density at radius 3 is 2.37 bits per heavy atom. The number of nitrogens with one attached hydrogen (secondary N) is 1. The van der Waals surface area contributed by atoms with Gasteiger partial charge in [-0.15, -0.1) is 0 Å². The zero-order chi connectivity index (χ0) is 21.9. The first-order valence-corrected chi connectivity index (χ1v) is 9.59. The fraction of sp³-hybridized carbons (Fsp3) is 0.381. The highest BCUT2D eigenvalue weighted by Crippen LogP contribution is 2.29. The van der Waals surface area contributed by atoms with E-state index >= 15 is 0 Å². The van der Waals surface area contributed by atoms with Crippen LogP contribution in [0.5, 0.6) is 0 Å². The normalized spacial score (nSPS) is 10.2. The summed E-state index contributed by atoms with van der Waals surface area (Å²) in [6, 6.07) is 11.0. The molecule has 0 aliphatic heterocycles. The predicted molar refractivity (Wildman–Crippen MR) is 114 cm³/mol. The molecule has 0 spiro atoms. The molecule has 0 unspecified atom stereocenters. The highest BCUT2D eigenvalue weighted by molar-refractivity contribution is 5.90. The van der Waals surface area contributed by atoms with Crippen LogP contribution in [0.4, 0.5) is 23.0 Å². The van der Waals surface area contributed by atoms with Gasteiger partial charge in [-0.2, -0.15) is 10.5 Å². The second-order valence-electron chi connectivity index (χ2n) is 6.96. The predicted octanol–water partition coefficient (Wildman–Crippen LogP) is 3.25. The summed E-state index contributed by atoms with van der Waals surface area (Å²) in [5, 5.41) is 20.9. The maximum Gasteiger partial charge on any atom is 0.338 e. The monoisotopic (exact) mass is 407 g/mol. The van der Waals surface area contributed by atoms with Crippen LogP contribution in [-0.4, -0.2) is 35.6 Å². The molecule has 0 radical (unpaired) electrons. The minimum atomic E-state index is -0.371. The Kier molecular flexibility index (Phi) is 8.40. The van der Waals surface area contributed by atoms with Crippen LogP contribution in [0.25, 0.3) is 0 Å². The van der Waals surface area contributed by atoms with Gasteiger partial charge >= 0.3 is 5.97 Å². The third-order valence-corrected chi connectivity index (χ3v) is 4.08. The largest absolute Gasteiger partial charge is 0.462 e. The molecule has 0 saturated carbocycles. The van der Waals surface area contributed by atoms with E-state index in [0.717, 1.165) is 0 Å². The van der Waals surface area contributed by atoms with Crippen molar-refractivity contribution in [3.8, 4) is 12.1 Å². The molecule has 3 N–H and O–H groups in total. The molecule has 0 bridgehead atoms. The van der Waals surface area contributed by atoms with Gasteiger partial charge in [-0.25, -0.2) is 14.8 Å². The van der Waals surface area contributed by atoms with Crippen LogP contribution in [0.1, 0.15) is 37.0 Å². The number of nitriles is 2. The number of rotatable bonds is 10. The molecule has 1 aromatic carbocycles. The number of hydrogen-bond acceptors (Lipinski definition) is 9. The van der Waals surface area contributed by atoms with Gasteiger partial charge in [0.25, 0.3) is 0 Å².